The number of halogens is 1. The normalized spacial score (nSPS) is 17.4. The Morgan fingerprint density at radius 1 is 0.920 bits per heavy atom. The van der Waals surface area contributed by atoms with E-state index in [9.17, 15) is 9.59 Å². The van der Waals surface area contributed by atoms with Crippen molar-refractivity contribution in [2.45, 2.75) is 44.7 Å². The number of fused-ring (bicyclic) bond motifs is 3. The van der Waals surface area contributed by atoms with Crippen molar-refractivity contribution < 1.29 is 19.1 Å². The molecule has 4 aromatic rings. The van der Waals surface area contributed by atoms with Gasteiger partial charge in [0, 0.05) is 62.3 Å². The first-order valence-corrected chi connectivity index (χ1v) is 18.1. The number of nitrogens with one attached hydrogen (secondary N) is 1. The first-order chi connectivity index (χ1) is 24.5. The zero-order chi connectivity index (χ0) is 34.5. The molecular weight excluding hydrogens is 650 g/mol. The number of unbranched alkanes of at least 4 members (excludes halogenated alkanes) is 2. The maximum absolute atomic E-state index is 13.7. The van der Waals surface area contributed by atoms with Gasteiger partial charge < -0.3 is 24.6 Å². The van der Waals surface area contributed by atoms with Crippen LogP contribution in [0.25, 0.3) is 10.8 Å². The van der Waals surface area contributed by atoms with E-state index in [-0.39, 0.29) is 17.9 Å². The number of carbonyl (C=O) groups excluding carboxylic acids is 2. The van der Waals surface area contributed by atoms with Crippen molar-refractivity contribution in [1.29, 1.82) is 0 Å². The van der Waals surface area contributed by atoms with Gasteiger partial charge in [-0.25, -0.2) is 0 Å². The van der Waals surface area contributed by atoms with Gasteiger partial charge in [-0.2, -0.15) is 0 Å². The standard InChI is InChI=1S/C40H44ClN5O4/c1-49-37-24-34-36(43-27-32-10-7-16-46(32)40(34)48)25-38(37)50-21-6-2-5-15-44-17-19-45(20-18-44)39(47)33-23-31(41)13-14-35(33)42-26-28-11-12-29-8-3-4-9-30(29)22-28/h3-4,8-9,11-14,22-25,27,32,42H,2,5-7,10,15-21,26H2,1H3/t32-/m0/s1. The Balaban J connectivity index is 0.856. The molecule has 0 aromatic heterocycles. The SMILES string of the molecule is COc1cc2c(cc1OCCCCCN1CCN(C(=O)c3cc(Cl)ccc3NCc3ccc4ccccc4c3)CC1)N=C[C@@H]1CCCN1C2=O. The van der Waals surface area contributed by atoms with E-state index < -0.39 is 0 Å². The van der Waals surface area contributed by atoms with Crippen LogP contribution in [0.2, 0.25) is 5.02 Å². The van der Waals surface area contributed by atoms with E-state index in [2.05, 4.69) is 45.5 Å². The van der Waals surface area contributed by atoms with Gasteiger partial charge >= 0.3 is 0 Å². The summed E-state index contributed by atoms with van der Waals surface area (Å²) >= 11 is 6.36. The van der Waals surface area contributed by atoms with Crippen molar-refractivity contribution >= 4 is 51.8 Å². The van der Waals surface area contributed by atoms with Crippen LogP contribution in [0.1, 0.15) is 58.4 Å². The number of piperazine rings is 1. The van der Waals surface area contributed by atoms with Gasteiger partial charge in [0.15, 0.2) is 11.5 Å². The number of amides is 2. The lowest BCUT2D eigenvalue weighted by Gasteiger charge is -2.35. The molecule has 1 atom stereocenters. The molecule has 3 aliphatic heterocycles. The van der Waals surface area contributed by atoms with Crippen LogP contribution in [0.15, 0.2) is 77.8 Å². The molecule has 3 aliphatic rings. The highest BCUT2D eigenvalue weighted by molar-refractivity contribution is 6.31. The van der Waals surface area contributed by atoms with E-state index >= 15 is 0 Å². The van der Waals surface area contributed by atoms with Gasteiger partial charge in [0.1, 0.15) is 0 Å². The number of hydrogen-bond donors (Lipinski definition) is 1. The second-order valence-corrected chi connectivity index (χ2v) is 13.7. The topological polar surface area (TPSA) is 86.7 Å². The number of anilines is 1. The Labute approximate surface area is 298 Å². The summed E-state index contributed by atoms with van der Waals surface area (Å²) in [5.74, 6) is 1.19. The number of aliphatic imine (C=N–C) groups is 1. The molecule has 9 nitrogen and oxygen atoms in total. The Morgan fingerprint density at radius 2 is 1.76 bits per heavy atom. The highest BCUT2D eigenvalue weighted by Gasteiger charge is 2.32. The second-order valence-electron chi connectivity index (χ2n) is 13.3. The van der Waals surface area contributed by atoms with Crippen molar-refractivity contribution in [3.05, 3.63) is 94.5 Å². The summed E-state index contributed by atoms with van der Waals surface area (Å²) in [4.78, 5) is 37.7. The van der Waals surface area contributed by atoms with Gasteiger partial charge in [-0.1, -0.05) is 48.0 Å². The highest BCUT2D eigenvalue weighted by Crippen LogP contribution is 2.38. The molecule has 0 aliphatic carbocycles. The monoisotopic (exact) mass is 693 g/mol. The minimum absolute atomic E-state index is 0.00830. The molecule has 0 unspecified atom stereocenters. The van der Waals surface area contributed by atoms with Crippen LogP contribution >= 0.6 is 11.6 Å². The minimum Gasteiger partial charge on any atom is -0.493 e. The lowest BCUT2D eigenvalue weighted by molar-refractivity contribution is 0.0635. The van der Waals surface area contributed by atoms with Crippen LogP contribution in [-0.2, 0) is 6.54 Å². The summed E-state index contributed by atoms with van der Waals surface area (Å²) in [6.45, 7) is 5.95. The van der Waals surface area contributed by atoms with Crippen molar-refractivity contribution in [2.75, 3.05) is 58.3 Å². The fraction of sp³-hybridized carbons (Fsp3) is 0.375. The van der Waals surface area contributed by atoms with Crippen LogP contribution < -0.4 is 14.8 Å². The molecular formula is C40H44ClN5O4. The molecule has 2 saturated heterocycles. The summed E-state index contributed by atoms with van der Waals surface area (Å²) in [7, 11) is 1.60. The number of benzene rings is 4. The van der Waals surface area contributed by atoms with Crippen LogP contribution in [-0.4, -0.2) is 91.8 Å². The molecule has 2 amide bonds. The van der Waals surface area contributed by atoms with E-state index in [1.807, 2.05) is 46.3 Å². The van der Waals surface area contributed by atoms with Gasteiger partial charge in [-0.05, 0) is 85.3 Å². The second kappa shape index (κ2) is 15.5. The largest absolute Gasteiger partial charge is 0.493 e. The molecule has 260 valence electrons. The van der Waals surface area contributed by atoms with Crippen LogP contribution in [0.5, 0.6) is 11.5 Å². The van der Waals surface area contributed by atoms with Crippen molar-refractivity contribution in [2.24, 2.45) is 4.99 Å². The third-order valence-electron chi connectivity index (χ3n) is 10.0. The maximum atomic E-state index is 13.7. The molecule has 1 N–H and O–H groups in total. The Bertz CT molecular complexity index is 1890. The maximum Gasteiger partial charge on any atom is 0.256 e. The summed E-state index contributed by atoms with van der Waals surface area (Å²) in [5.41, 5.74) is 3.76. The number of hydrogen-bond acceptors (Lipinski definition) is 7. The molecule has 0 spiro atoms. The lowest BCUT2D eigenvalue weighted by Crippen LogP contribution is -2.48. The van der Waals surface area contributed by atoms with Gasteiger partial charge in [0.25, 0.3) is 11.8 Å². The molecule has 0 radical (unpaired) electrons. The van der Waals surface area contributed by atoms with E-state index in [0.29, 0.717) is 59.6 Å². The predicted octanol–water partition coefficient (Wildman–Crippen LogP) is 7.44. The minimum atomic E-state index is 0.00830. The van der Waals surface area contributed by atoms with E-state index in [1.54, 1.807) is 19.2 Å². The summed E-state index contributed by atoms with van der Waals surface area (Å²) in [6.07, 6.45) is 6.82. The molecule has 0 bridgehead atoms. The summed E-state index contributed by atoms with van der Waals surface area (Å²) < 4.78 is 11.7. The third kappa shape index (κ3) is 7.59. The van der Waals surface area contributed by atoms with Crippen molar-refractivity contribution in [3.63, 3.8) is 0 Å². The number of methoxy groups -OCH3 is 1. The van der Waals surface area contributed by atoms with E-state index in [4.69, 9.17) is 21.1 Å². The Hall–Kier alpha value is -4.60. The molecule has 0 saturated carbocycles. The van der Waals surface area contributed by atoms with Gasteiger partial charge in [0.05, 0.1) is 36.6 Å². The summed E-state index contributed by atoms with van der Waals surface area (Å²) in [6, 6.07) is 23.9. The predicted molar refractivity (Wildman–Crippen MR) is 200 cm³/mol. The average molecular weight is 694 g/mol. The van der Waals surface area contributed by atoms with Gasteiger partial charge in [0.2, 0.25) is 0 Å². The van der Waals surface area contributed by atoms with Crippen LogP contribution in [0, 0.1) is 0 Å². The van der Waals surface area contributed by atoms with Crippen LogP contribution in [0.4, 0.5) is 11.4 Å². The summed E-state index contributed by atoms with van der Waals surface area (Å²) in [5, 5.41) is 6.44. The Kier molecular flexibility index (Phi) is 10.5. The first-order valence-electron chi connectivity index (χ1n) is 17.7. The Morgan fingerprint density at radius 3 is 2.60 bits per heavy atom. The smallest absolute Gasteiger partial charge is 0.256 e. The number of carbonyl (C=O) groups is 2. The van der Waals surface area contributed by atoms with E-state index in [1.165, 1.54) is 10.8 Å². The van der Waals surface area contributed by atoms with Crippen molar-refractivity contribution in [3.8, 4) is 11.5 Å². The molecule has 2 fully saturated rings. The zero-order valence-corrected chi connectivity index (χ0v) is 29.3. The first kappa shape index (κ1) is 33.9. The average Bonchev–Trinajstić information content (AvgIpc) is 3.58. The highest BCUT2D eigenvalue weighted by atomic mass is 35.5. The third-order valence-corrected chi connectivity index (χ3v) is 10.2. The molecule has 4 aromatic carbocycles. The number of nitrogens with zero attached hydrogens (tertiary/aromatic N) is 4. The fourth-order valence-electron chi connectivity index (χ4n) is 7.16. The number of rotatable bonds is 12. The quantitative estimate of drug-likeness (QED) is 0.155. The molecule has 7 rings (SSSR count). The molecule has 3 heterocycles. The molecule has 10 heteroatoms. The zero-order valence-electron chi connectivity index (χ0n) is 28.6. The fourth-order valence-corrected chi connectivity index (χ4v) is 7.33. The van der Waals surface area contributed by atoms with Gasteiger partial charge in [-0.15, -0.1) is 0 Å². The molecule has 50 heavy (non-hydrogen) atoms. The van der Waals surface area contributed by atoms with Crippen molar-refractivity contribution in [1.82, 2.24) is 14.7 Å². The van der Waals surface area contributed by atoms with Gasteiger partial charge in [-0.3, -0.25) is 19.5 Å². The van der Waals surface area contributed by atoms with Crippen LogP contribution in [0.3, 0.4) is 0 Å². The number of ether oxygens (including phenoxy) is 2. The van der Waals surface area contributed by atoms with E-state index in [0.717, 1.165) is 69.5 Å². The lowest BCUT2D eigenvalue weighted by atomic mass is 10.1.